The minimum atomic E-state index is 0. The Kier molecular flexibility index (Phi) is 9.22. The third-order valence-electron chi connectivity index (χ3n) is 5.28. The molecular weight excluding hydrogens is 521 g/mol. The zero-order valence-corrected chi connectivity index (χ0v) is 21.0. The molecule has 4 rings (SSSR count). The Balaban J connectivity index is 0.00000289. The second kappa shape index (κ2) is 12.1. The van der Waals surface area contributed by atoms with E-state index >= 15 is 0 Å². The van der Waals surface area contributed by atoms with E-state index < -0.39 is 0 Å². The normalized spacial score (nSPS) is 17.6. The average Bonchev–Trinajstić information content (AvgIpc) is 3.26. The van der Waals surface area contributed by atoms with Gasteiger partial charge in [0.15, 0.2) is 17.5 Å². The number of pyridine rings is 1. The van der Waals surface area contributed by atoms with Gasteiger partial charge in [-0.15, -0.1) is 24.0 Å². The van der Waals surface area contributed by atoms with Crippen LogP contribution in [-0.4, -0.2) is 56.6 Å². The van der Waals surface area contributed by atoms with Crippen molar-refractivity contribution in [3.63, 3.8) is 0 Å². The fourth-order valence-electron chi connectivity index (χ4n) is 3.66. The fraction of sp³-hybridized carbons (Fsp3) is 0.478. The third-order valence-corrected chi connectivity index (χ3v) is 5.28. The molecule has 1 saturated heterocycles. The summed E-state index contributed by atoms with van der Waals surface area (Å²) in [6, 6.07) is 10.2. The number of nitrogens with one attached hydrogen (secondary N) is 2. The molecule has 8 nitrogen and oxygen atoms in total. The van der Waals surface area contributed by atoms with Crippen LogP contribution >= 0.6 is 24.0 Å². The number of halogens is 1. The minimum absolute atomic E-state index is 0. The summed E-state index contributed by atoms with van der Waals surface area (Å²) < 4.78 is 16.4. The van der Waals surface area contributed by atoms with Crippen LogP contribution in [0.1, 0.15) is 25.0 Å². The lowest BCUT2D eigenvalue weighted by Crippen LogP contribution is -2.41. The second-order valence-corrected chi connectivity index (χ2v) is 7.71. The maximum absolute atomic E-state index is 5.61. The highest BCUT2D eigenvalue weighted by Crippen LogP contribution is 2.32. The van der Waals surface area contributed by atoms with Gasteiger partial charge in [-0.25, -0.2) is 9.98 Å². The molecule has 0 saturated carbocycles. The van der Waals surface area contributed by atoms with Crippen molar-refractivity contribution in [1.29, 1.82) is 0 Å². The number of ether oxygens (including phenoxy) is 3. The Bertz CT molecular complexity index is 894. The summed E-state index contributed by atoms with van der Waals surface area (Å²) in [6.45, 7) is 9.13. The largest absolute Gasteiger partial charge is 0.454 e. The van der Waals surface area contributed by atoms with Crippen LogP contribution in [0.3, 0.4) is 0 Å². The molecule has 174 valence electrons. The molecule has 2 aromatic rings. The first kappa shape index (κ1) is 24.4. The number of anilines is 1. The van der Waals surface area contributed by atoms with Gasteiger partial charge in [0, 0.05) is 32.4 Å². The molecule has 32 heavy (non-hydrogen) atoms. The number of hydrogen-bond acceptors (Lipinski definition) is 6. The number of aromatic nitrogens is 1. The van der Waals surface area contributed by atoms with Gasteiger partial charge >= 0.3 is 0 Å². The van der Waals surface area contributed by atoms with Gasteiger partial charge in [-0.1, -0.05) is 12.1 Å². The van der Waals surface area contributed by atoms with Crippen molar-refractivity contribution in [1.82, 2.24) is 15.6 Å². The van der Waals surface area contributed by atoms with E-state index in [0.717, 1.165) is 68.0 Å². The van der Waals surface area contributed by atoms with Crippen LogP contribution in [0.25, 0.3) is 0 Å². The molecule has 3 heterocycles. The van der Waals surface area contributed by atoms with Crippen LogP contribution in [0, 0.1) is 0 Å². The monoisotopic (exact) mass is 553 g/mol. The van der Waals surface area contributed by atoms with E-state index in [1.165, 1.54) is 5.56 Å². The van der Waals surface area contributed by atoms with Crippen molar-refractivity contribution in [3.05, 3.63) is 47.7 Å². The number of morpholine rings is 1. The third kappa shape index (κ3) is 6.61. The molecule has 1 aromatic heterocycles. The van der Waals surface area contributed by atoms with Gasteiger partial charge in [0.25, 0.3) is 0 Å². The molecule has 0 bridgehead atoms. The zero-order valence-electron chi connectivity index (χ0n) is 18.7. The van der Waals surface area contributed by atoms with E-state index in [9.17, 15) is 0 Å². The van der Waals surface area contributed by atoms with E-state index in [1.807, 2.05) is 18.3 Å². The topological polar surface area (TPSA) is 80.2 Å². The lowest BCUT2D eigenvalue weighted by Gasteiger charge is -2.32. The van der Waals surface area contributed by atoms with Gasteiger partial charge in [0.2, 0.25) is 6.79 Å². The fourth-order valence-corrected chi connectivity index (χ4v) is 3.66. The number of benzene rings is 1. The number of hydrogen-bond donors (Lipinski definition) is 2. The van der Waals surface area contributed by atoms with Crippen molar-refractivity contribution in [2.24, 2.45) is 4.99 Å². The first-order valence-corrected chi connectivity index (χ1v) is 10.9. The summed E-state index contributed by atoms with van der Waals surface area (Å²) in [7, 11) is 0. The maximum Gasteiger partial charge on any atom is 0.231 e. The first-order valence-electron chi connectivity index (χ1n) is 10.9. The van der Waals surface area contributed by atoms with Crippen molar-refractivity contribution < 1.29 is 14.2 Å². The second-order valence-electron chi connectivity index (χ2n) is 7.71. The van der Waals surface area contributed by atoms with Crippen LogP contribution in [0.4, 0.5) is 5.82 Å². The molecule has 0 spiro atoms. The molecular formula is C23H32IN5O3. The van der Waals surface area contributed by atoms with Crippen molar-refractivity contribution in [2.45, 2.75) is 32.9 Å². The van der Waals surface area contributed by atoms with Gasteiger partial charge < -0.3 is 29.7 Å². The molecule has 2 aliphatic heterocycles. The van der Waals surface area contributed by atoms with Crippen molar-refractivity contribution >= 4 is 35.8 Å². The van der Waals surface area contributed by atoms with E-state index in [4.69, 9.17) is 19.2 Å². The average molecular weight is 553 g/mol. The Morgan fingerprint density at radius 2 is 2.00 bits per heavy atom. The lowest BCUT2D eigenvalue weighted by molar-refractivity contribution is 0.0529. The van der Waals surface area contributed by atoms with E-state index in [1.54, 1.807) is 0 Å². The number of fused-ring (bicyclic) bond motifs is 1. The van der Waals surface area contributed by atoms with Gasteiger partial charge in [-0.05, 0) is 49.6 Å². The Morgan fingerprint density at radius 3 is 2.78 bits per heavy atom. The van der Waals surface area contributed by atoms with Crippen LogP contribution in [0.15, 0.2) is 41.5 Å². The Morgan fingerprint density at radius 1 is 1.16 bits per heavy atom. The number of aliphatic imine (C=N–C) groups is 1. The van der Waals surface area contributed by atoms with Gasteiger partial charge in [0.05, 0.1) is 19.3 Å². The molecule has 2 aliphatic rings. The molecule has 0 aliphatic carbocycles. The van der Waals surface area contributed by atoms with E-state index in [-0.39, 0.29) is 30.1 Å². The highest BCUT2D eigenvalue weighted by Gasteiger charge is 2.17. The molecule has 1 aromatic carbocycles. The van der Waals surface area contributed by atoms with Crippen LogP contribution in [0.5, 0.6) is 11.5 Å². The van der Waals surface area contributed by atoms with Crippen LogP contribution in [0.2, 0.25) is 0 Å². The summed E-state index contributed by atoms with van der Waals surface area (Å²) in [4.78, 5) is 11.6. The summed E-state index contributed by atoms with van der Waals surface area (Å²) in [5.41, 5.74) is 2.28. The number of nitrogens with zero attached hydrogens (tertiary/aromatic N) is 3. The standard InChI is InChI=1S/C23H31N5O3.HI/c1-3-24-23(25-9-8-18-4-6-20-21(12-18)31-16-30-20)27-14-19-5-7-22(26-13-19)28-10-11-29-17(2)15-28;/h4-7,12-13,17H,3,8-11,14-16H2,1-2H3,(H2,24,25,27);1H. The SMILES string of the molecule is CCNC(=NCc1ccc(N2CCOC(C)C2)nc1)NCCc1ccc2c(c1)OCO2.I. The minimum Gasteiger partial charge on any atom is -0.454 e. The highest BCUT2D eigenvalue weighted by atomic mass is 127. The lowest BCUT2D eigenvalue weighted by atomic mass is 10.1. The van der Waals surface area contributed by atoms with E-state index in [2.05, 4.69) is 52.6 Å². The maximum atomic E-state index is 5.61. The van der Waals surface area contributed by atoms with Gasteiger partial charge in [-0.2, -0.15) is 0 Å². The summed E-state index contributed by atoms with van der Waals surface area (Å²) in [6.07, 6.45) is 3.02. The predicted octanol–water partition coefficient (Wildman–Crippen LogP) is 2.95. The van der Waals surface area contributed by atoms with Crippen LogP contribution in [-0.2, 0) is 17.7 Å². The first-order chi connectivity index (χ1) is 15.2. The summed E-state index contributed by atoms with van der Waals surface area (Å²) in [5.74, 6) is 3.43. The molecule has 0 amide bonds. The highest BCUT2D eigenvalue weighted by molar-refractivity contribution is 14.0. The smallest absolute Gasteiger partial charge is 0.231 e. The van der Waals surface area contributed by atoms with Crippen molar-refractivity contribution in [3.8, 4) is 11.5 Å². The van der Waals surface area contributed by atoms with Crippen molar-refractivity contribution in [2.75, 3.05) is 44.5 Å². The van der Waals surface area contributed by atoms with Crippen LogP contribution < -0.4 is 25.0 Å². The van der Waals surface area contributed by atoms with Gasteiger partial charge in [-0.3, -0.25) is 0 Å². The predicted molar refractivity (Wildman–Crippen MR) is 136 cm³/mol. The summed E-state index contributed by atoms with van der Waals surface area (Å²) in [5, 5.41) is 6.70. The molecule has 1 atom stereocenters. The molecule has 9 heteroatoms. The molecule has 0 radical (unpaired) electrons. The van der Waals surface area contributed by atoms with Gasteiger partial charge in [0.1, 0.15) is 5.82 Å². The number of guanidine groups is 1. The number of rotatable bonds is 7. The quantitative estimate of drug-likeness (QED) is 0.310. The molecule has 1 fully saturated rings. The van der Waals surface area contributed by atoms with E-state index in [0.29, 0.717) is 13.3 Å². The molecule has 1 unspecified atom stereocenters. The molecule has 2 N–H and O–H groups in total. The Hall–Kier alpha value is -2.27. The Labute approximate surface area is 206 Å². The summed E-state index contributed by atoms with van der Waals surface area (Å²) >= 11 is 0. The zero-order chi connectivity index (χ0) is 21.5.